The third kappa shape index (κ3) is 3.42. The zero-order valence-electron chi connectivity index (χ0n) is 16.3. The number of para-hydroxylation sites is 1. The minimum Gasteiger partial charge on any atom is -0.368 e. The number of piperidine rings is 1. The summed E-state index contributed by atoms with van der Waals surface area (Å²) in [6.07, 6.45) is 3.43. The lowest BCUT2D eigenvalue weighted by Crippen LogP contribution is -2.52. The molecule has 3 heterocycles. The van der Waals surface area contributed by atoms with Crippen LogP contribution in [0.15, 0.2) is 35.2 Å². The molecule has 1 aromatic carbocycles. The molecule has 0 bridgehead atoms. The summed E-state index contributed by atoms with van der Waals surface area (Å²) in [6.45, 7) is 1.21. The highest BCUT2D eigenvalue weighted by molar-refractivity contribution is 7.89. The normalized spacial score (nSPS) is 24.0. The van der Waals surface area contributed by atoms with E-state index < -0.39 is 10.0 Å². The maximum absolute atomic E-state index is 13.0. The first-order valence-corrected chi connectivity index (χ1v) is 11.6. The molecule has 1 saturated carbocycles. The van der Waals surface area contributed by atoms with Gasteiger partial charge in [0.15, 0.2) is 0 Å². The summed E-state index contributed by atoms with van der Waals surface area (Å²) < 4.78 is 29.6. The number of nitrogens with zero attached hydrogens (tertiary/aromatic N) is 3. The Labute approximate surface area is 170 Å². The van der Waals surface area contributed by atoms with Crippen LogP contribution in [0.3, 0.4) is 0 Å². The van der Waals surface area contributed by atoms with Crippen LogP contribution in [0, 0.1) is 5.92 Å². The van der Waals surface area contributed by atoms with Gasteiger partial charge in [0.1, 0.15) is 10.6 Å². The van der Waals surface area contributed by atoms with Crippen molar-refractivity contribution in [2.45, 2.75) is 42.7 Å². The topological polar surface area (TPSA) is 96.3 Å². The highest BCUT2D eigenvalue weighted by Crippen LogP contribution is 2.39. The molecule has 2 N–H and O–H groups in total. The molecule has 5 rings (SSSR count). The van der Waals surface area contributed by atoms with E-state index in [1.165, 1.54) is 0 Å². The lowest BCUT2D eigenvalue weighted by Gasteiger charge is -2.38. The van der Waals surface area contributed by atoms with Crippen LogP contribution in [-0.4, -0.2) is 48.3 Å². The van der Waals surface area contributed by atoms with Crippen molar-refractivity contribution in [1.29, 1.82) is 0 Å². The second kappa shape index (κ2) is 6.84. The molecule has 154 valence electrons. The number of aryl methyl sites for hydroxylation is 1. The quantitative estimate of drug-likeness (QED) is 0.798. The predicted octanol–water partition coefficient (Wildman–Crippen LogP) is 1.88. The largest absolute Gasteiger partial charge is 0.368 e. The number of hydrogen-bond donors (Lipinski definition) is 2. The molecule has 8 nitrogen and oxygen atoms in total. The minimum atomic E-state index is -3.52. The Morgan fingerprint density at radius 3 is 2.59 bits per heavy atom. The second-order valence-electron chi connectivity index (χ2n) is 8.22. The first kappa shape index (κ1) is 18.6. The van der Waals surface area contributed by atoms with E-state index in [-0.39, 0.29) is 22.9 Å². The van der Waals surface area contributed by atoms with Crippen LogP contribution in [0.25, 0.3) is 0 Å². The molecular weight excluding hydrogens is 390 g/mol. The summed E-state index contributed by atoms with van der Waals surface area (Å²) in [5, 5.41) is 7.82. The van der Waals surface area contributed by atoms with Crippen LogP contribution < -0.4 is 10.0 Å². The Morgan fingerprint density at radius 2 is 1.86 bits per heavy atom. The number of carbonyl (C=O) groups is 1. The molecule has 9 heteroatoms. The fourth-order valence-corrected chi connectivity index (χ4v) is 5.71. The van der Waals surface area contributed by atoms with Crippen molar-refractivity contribution in [3.63, 3.8) is 0 Å². The summed E-state index contributed by atoms with van der Waals surface area (Å²) in [5.41, 5.74) is 2.29. The minimum absolute atomic E-state index is 0.00730. The summed E-state index contributed by atoms with van der Waals surface area (Å²) >= 11 is 0. The number of likely N-dealkylation sites (tertiary alicyclic amines) is 1. The number of nitrogens with one attached hydrogen (secondary N) is 2. The molecule has 2 fully saturated rings. The van der Waals surface area contributed by atoms with Gasteiger partial charge in [0.05, 0.1) is 17.5 Å². The maximum Gasteiger partial charge on any atom is 0.272 e. The van der Waals surface area contributed by atoms with Crippen LogP contribution in [0.4, 0.5) is 5.69 Å². The van der Waals surface area contributed by atoms with Gasteiger partial charge < -0.3 is 10.2 Å². The molecule has 1 amide bonds. The van der Waals surface area contributed by atoms with E-state index in [0.717, 1.165) is 31.4 Å². The van der Waals surface area contributed by atoms with Gasteiger partial charge in [0, 0.05) is 26.1 Å². The highest BCUT2D eigenvalue weighted by Gasteiger charge is 2.36. The van der Waals surface area contributed by atoms with Crippen molar-refractivity contribution < 1.29 is 13.2 Å². The molecular formula is C20H25N5O3S. The van der Waals surface area contributed by atoms with E-state index >= 15 is 0 Å². The van der Waals surface area contributed by atoms with Gasteiger partial charge in [0.25, 0.3) is 5.91 Å². The molecule has 3 aliphatic rings. The number of sulfonamides is 1. The zero-order chi connectivity index (χ0) is 20.2. The fraction of sp³-hybridized carbons (Fsp3) is 0.500. The van der Waals surface area contributed by atoms with Gasteiger partial charge in [-0.3, -0.25) is 9.48 Å². The summed E-state index contributed by atoms with van der Waals surface area (Å²) in [6, 6.07) is 8.87. The predicted molar refractivity (Wildman–Crippen MR) is 108 cm³/mol. The van der Waals surface area contributed by atoms with E-state index in [1.54, 1.807) is 22.9 Å². The number of benzene rings is 1. The molecule has 2 aliphatic heterocycles. The summed E-state index contributed by atoms with van der Waals surface area (Å²) in [4.78, 5) is 15.1. The molecule has 1 atom stereocenters. The molecule has 1 aliphatic carbocycles. The number of carbonyl (C=O) groups excluding carboxylic acids is 1. The maximum atomic E-state index is 13.0. The Morgan fingerprint density at radius 1 is 1.14 bits per heavy atom. The van der Waals surface area contributed by atoms with E-state index in [1.807, 2.05) is 24.1 Å². The van der Waals surface area contributed by atoms with Gasteiger partial charge in [-0.05, 0) is 49.8 Å². The molecule has 0 radical (unpaired) electrons. The van der Waals surface area contributed by atoms with Gasteiger partial charge in [-0.25, -0.2) is 8.42 Å². The van der Waals surface area contributed by atoms with E-state index in [0.29, 0.717) is 30.4 Å². The highest BCUT2D eigenvalue weighted by atomic mass is 32.2. The molecule has 1 aromatic heterocycles. The lowest BCUT2D eigenvalue weighted by molar-refractivity contribution is 0.0668. The third-order valence-corrected chi connectivity index (χ3v) is 7.68. The number of rotatable bonds is 3. The smallest absolute Gasteiger partial charge is 0.272 e. The van der Waals surface area contributed by atoms with E-state index in [4.69, 9.17) is 0 Å². The number of fused-ring (bicyclic) bond motifs is 1. The van der Waals surface area contributed by atoms with Gasteiger partial charge >= 0.3 is 0 Å². The van der Waals surface area contributed by atoms with Crippen molar-refractivity contribution in [3.8, 4) is 0 Å². The van der Waals surface area contributed by atoms with Gasteiger partial charge in [-0.1, -0.05) is 12.1 Å². The molecule has 29 heavy (non-hydrogen) atoms. The van der Waals surface area contributed by atoms with Crippen LogP contribution in [0.1, 0.15) is 47.8 Å². The summed E-state index contributed by atoms with van der Waals surface area (Å²) in [5.74, 6) is 0.644. The number of aromatic nitrogens is 2. The van der Waals surface area contributed by atoms with E-state index in [2.05, 4.69) is 15.1 Å². The van der Waals surface area contributed by atoms with Crippen molar-refractivity contribution in [2.75, 3.05) is 18.4 Å². The van der Waals surface area contributed by atoms with Gasteiger partial charge in [-0.2, -0.15) is 9.82 Å². The van der Waals surface area contributed by atoms with Crippen LogP contribution in [0.5, 0.6) is 0 Å². The Balaban J connectivity index is 1.26. The third-order valence-electron chi connectivity index (χ3n) is 6.18. The first-order chi connectivity index (χ1) is 13.9. The zero-order valence-corrected chi connectivity index (χ0v) is 17.2. The van der Waals surface area contributed by atoms with E-state index in [9.17, 15) is 13.2 Å². The molecule has 1 unspecified atom stereocenters. The fourth-order valence-electron chi connectivity index (χ4n) is 4.33. The van der Waals surface area contributed by atoms with Crippen LogP contribution >= 0.6 is 0 Å². The van der Waals surface area contributed by atoms with Crippen LogP contribution in [-0.2, 0) is 17.1 Å². The van der Waals surface area contributed by atoms with Crippen molar-refractivity contribution >= 4 is 21.6 Å². The van der Waals surface area contributed by atoms with Crippen molar-refractivity contribution in [1.82, 2.24) is 19.4 Å². The van der Waals surface area contributed by atoms with Gasteiger partial charge in [-0.15, -0.1) is 0 Å². The Kier molecular flexibility index (Phi) is 4.40. The van der Waals surface area contributed by atoms with Crippen LogP contribution in [0.2, 0.25) is 0 Å². The average Bonchev–Trinajstić information content (AvgIpc) is 3.49. The SMILES string of the molecule is Cn1nc(C2CC2)cc1C(=O)N1CCC(C2Nc3ccccc3S(=O)(=O)N2)CC1. The first-order valence-electron chi connectivity index (χ1n) is 10.1. The summed E-state index contributed by atoms with van der Waals surface area (Å²) in [7, 11) is -1.70. The van der Waals surface area contributed by atoms with Gasteiger partial charge in [0.2, 0.25) is 10.0 Å². The number of anilines is 1. The Bertz CT molecular complexity index is 1050. The Hall–Kier alpha value is -2.39. The second-order valence-corrected chi connectivity index (χ2v) is 9.90. The monoisotopic (exact) mass is 415 g/mol. The average molecular weight is 416 g/mol. The lowest BCUT2D eigenvalue weighted by atomic mass is 9.93. The number of amides is 1. The molecule has 1 saturated heterocycles. The standard InChI is InChI=1S/C20H25N5O3S/c1-24-17(12-16(22-24)13-6-7-13)20(26)25-10-8-14(9-11-25)19-21-15-4-2-3-5-18(15)29(27,28)23-19/h2-5,12-14,19,21,23H,6-11H2,1H3. The molecule has 0 spiro atoms. The van der Waals surface area contributed by atoms with Crippen molar-refractivity contribution in [2.24, 2.45) is 13.0 Å². The van der Waals surface area contributed by atoms with Crippen molar-refractivity contribution in [3.05, 3.63) is 41.7 Å². The number of hydrogen-bond acceptors (Lipinski definition) is 5. The molecule has 2 aromatic rings.